The normalized spacial score (nSPS) is 10.1. The van der Waals surface area contributed by atoms with E-state index in [1.165, 1.54) is 23.0 Å². The number of rotatable bonds is 7. The third kappa shape index (κ3) is 4.47. The van der Waals surface area contributed by atoms with Crippen LogP contribution < -0.4 is 4.74 Å². The van der Waals surface area contributed by atoms with E-state index in [-0.39, 0.29) is 0 Å². The monoisotopic (exact) mass is 268 g/mol. The second kappa shape index (κ2) is 7.39. The Morgan fingerprint density at radius 2 is 1.60 bits per heavy atom. The Kier molecular flexibility index (Phi) is 5.24. The molecule has 0 aliphatic carbocycles. The zero-order chi connectivity index (χ0) is 14.2. The van der Waals surface area contributed by atoms with Gasteiger partial charge in [0.05, 0.1) is 12.9 Å². The van der Waals surface area contributed by atoms with E-state index in [1.807, 2.05) is 12.1 Å². The van der Waals surface area contributed by atoms with Gasteiger partial charge in [-0.05, 0) is 30.2 Å². The maximum atomic E-state index is 5.77. The van der Waals surface area contributed by atoms with Gasteiger partial charge in [0.15, 0.2) is 0 Å². The Hall–Kier alpha value is -2.22. The van der Waals surface area contributed by atoms with Crippen LogP contribution >= 0.6 is 0 Å². The highest BCUT2D eigenvalue weighted by Gasteiger charge is 1.97. The maximum absolute atomic E-state index is 5.77. The summed E-state index contributed by atoms with van der Waals surface area (Å²) in [5.41, 5.74) is 3.67. The first kappa shape index (κ1) is 14.2. The highest BCUT2D eigenvalue weighted by Crippen LogP contribution is 2.15. The first-order chi connectivity index (χ1) is 9.78. The van der Waals surface area contributed by atoms with Gasteiger partial charge in [0.25, 0.3) is 0 Å². The van der Waals surface area contributed by atoms with Crippen LogP contribution in [-0.2, 0) is 17.8 Å². The van der Waals surface area contributed by atoms with Gasteiger partial charge in [-0.1, -0.05) is 48.5 Å². The van der Waals surface area contributed by atoms with Crippen molar-refractivity contribution >= 4 is 0 Å². The Morgan fingerprint density at radius 1 is 0.950 bits per heavy atom. The lowest BCUT2D eigenvalue weighted by molar-refractivity contribution is 0.255. The molecule has 2 aromatic carbocycles. The number of hydrogen-bond acceptors (Lipinski definition) is 2. The molecule has 0 unspecified atom stereocenters. The van der Waals surface area contributed by atoms with Crippen molar-refractivity contribution in [3.8, 4) is 5.75 Å². The van der Waals surface area contributed by atoms with Crippen LogP contribution in [0.5, 0.6) is 5.75 Å². The van der Waals surface area contributed by atoms with Crippen LogP contribution in [-0.4, -0.2) is 6.61 Å². The van der Waals surface area contributed by atoms with Crippen LogP contribution in [0.15, 0.2) is 61.4 Å². The number of aryl methyl sites for hydroxylation is 1. The molecule has 20 heavy (non-hydrogen) atoms. The summed E-state index contributed by atoms with van der Waals surface area (Å²) in [6.07, 6.45) is 2.35. The van der Waals surface area contributed by atoms with Gasteiger partial charge in [-0.25, -0.2) is 0 Å². The SMILES string of the molecule is C=COCCc1ccc(OCc2ccc(C)cc2)cc1. The lowest BCUT2D eigenvalue weighted by Crippen LogP contribution is -1.96. The largest absolute Gasteiger partial charge is 0.501 e. The average molecular weight is 268 g/mol. The van der Waals surface area contributed by atoms with Gasteiger partial charge in [0.1, 0.15) is 12.4 Å². The smallest absolute Gasteiger partial charge is 0.119 e. The van der Waals surface area contributed by atoms with Gasteiger partial charge < -0.3 is 9.47 Å². The van der Waals surface area contributed by atoms with E-state index < -0.39 is 0 Å². The second-order valence-corrected chi connectivity index (χ2v) is 4.71. The van der Waals surface area contributed by atoms with Crippen LogP contribution in [0.3, 0.4) is 0 Å². The summed E-state index contributed by atoms with van der Waals surface area (Å²) in [4.78, 5) is 0. The Bertz CT molecular complexity index is 526. The van der Waals surface area contributed by atoms with E-state index in [0.29, 0.717) is 13.2 Å². The van der Waals surface area contributed by atoms with E-state index in [1.54, 1.807) is 0 Å². The van der Waals surface area contributed by atoms with E-state index in [4.69, 9.17) is 9.47 Å². The molecule has 2 rings (SSSR count). The molecular weight excluding hydrogens is 248 g/mol. The van der Waals surface area contributed by atoms with Gasteiger partial charge in [-0.15, -0.1) is 0 Å². The minimum Gasteiger partial charge on any atom is -0.501 e. The van der Waals surface area contributed by atoms with Gasteiger partial charge in [-0.2, -0.15) is 0 Å². The van der Waals surface area contributed by atoms with E-state index in [9.17, 15) is 0 Å². The second-order valence-electron chi connectivity index (χ2n) is 4.71. The van der Waals surface area contributed by atoms with Crippen molar-refractivity contribution in [2.24, 2.45) is 0 Å². The summed E-state index contributed by atoms with van der Waals surface area (Å²) in [5.74, 6) is 0.888. The quantitative estimate of drug-likeness (QED) is 0.551. The van der Waals surface area contributed by atoms with Crippen LogP contribution in [0.1, 0.15) is 16.7 Å². The minimum atomic E-state index is 0.596. The molecule has 0 amide bonds. The lowest BCUT2D eigenvalue weighted by atomic mass is 10.1. The number of benzene rings is 2. The van der Waals surface area contributed by atoms with Crippen molar-refractivity contribution in [1.82, 2.24) is 0 Å². The predicted molar refractivity (Wildman–Crippen MR) is 81.8 cm³/mol. The fraction of sp³-hybridized carbons (Fsp3) is 0.222. The molecular formula is C18H20O2. The molecule has 0 aliphatic heterocycles. The van der Waals surface area contributed by atoms with Crippen molar-refractivity contribution in [3.63, 3.8) is 0 Å². The molecule has 0 radical (unpaired) electrons. The molecule has 0 atom stereocenters. The standard InChI is InChI=1S/C18H20O2/c1-3-19-13-12-16-8-10-18(11-9-16)20-14-17-6-4-15(2)5-7-17/h3-11H,1,12-14H2,2H3. The Labute approximate surface area is 120 Å². The molecule has 0 saturated heterocycles. The minimum absolute atomic E-state index is 0.596. The zero-order valence-corrected chi connectivity index (χ0v) is 11.8. The fourth-order valence-corrected chi connectivity index (χ4v) is 1.86. The van der Waals surface area contributed by atoms with Crippen LogP contribution in [0, 0.1) is 6.92 Å². The molecule has 2 nitrogen and oxygen atoms in total. The molecule has 2 aromatic rings. The molecule has 0 heterocycles. The molecule has 0 aromatic heterocycles. The zero-order valence-electron chi connectivity index (χ0n) is 11.8. The van der Waals surface area contributed by atoms with Crippen molar-refractivity contribution in [2.45, 2.75) is 20.0 Å². The van der Waals surface area contributed by atoms with E-state index >= 15 is 0 Å². The molecule has 0 spiro atoms. The average Bonchev–Trinajstić information content (AvgIpc) is 2.48. The topological polar surface area (TPSA) is 18.5 Å². The highest BCUT2D eigenvalue weighted by molar-refractivity contribution is 5.28. The van der Waals surface area contributed by atoms with Gasteiger partial charge in [-0.3, -0.25) is 0 Å². The van der Waals surface area contributed by atoms with Gasteiger partial charge in [0.2, 0.25) is 0 Å². The summed E-state index contributed by atoms with van der Waals surface area (Å²) < 4.78 is 10.9. The molecule has 0 saturated carbocycles. The molecule has 0 fully saturated rings. The summed E-state index contributed by atoms with van der Waals surface area (Å²) in [6.45, 7) is 6.86. The van der Waals surface area contributed by atoms with Crippen molar-refractivity contribution in [3.05, 3.63) is 78.1 Å². The van der Waals surface area contributed by atoms with Crippen molar-refractivity contribution in [1.29, 1.82) is 0 Å². The number of ether oxygens (including phenoxy) is 2. The first-order valence-corrected chi connectivity index (χ1v) is 6.78. The van der Waals surface area contributed by atoms with Crippen molar-refractivity contribution in [2.75, 3.05) is 6.61 Å². The number of hydrogen-bond donors (Lipinski definition) is 0. The molecule has 2 heteroatoms. The van der Waals surface area contributed by atoms with Crippen LogP contribution in [0.25, 0.3) is 0 Å². The first-order valence-electron chi connectivity index (χ1n) is 6.78. The molecule has 104 valence electrons. The third-order valence-electron chi connectivity index (χ3n) is 3.08. The summed E-state index contributed by atoms with van der Waals surface area (Å²) >= 11 is 0. The summed E-state index contributed by atoms with van der Waals surface area (Å²) in [7, 11) is 0. The lowest BCUT2D eigenvalue weighted by Gasteiger charge is -2.08. The van der Waals surface area contributed by atoms with Gasteiger partial charge in [0, 0.05) is 6.42 Å². The highest BCUT2D eigenvalue weighted by atomic mass is 16.5. The van der Waals surface area contributed by atoms with Gasteiger partial charge >= 0.3 is 0 Å². The van der Waals surface area contributed by atoms with E-state index in [2.05, 4.69) is 49.9 Å². The molecule has 0 aliphatic rings. The van der Waals surface area contributed by atoms with Crippen LogP contribution in [0.4, 0.5) is 0 Å². The Balaban J connectivity index is 1.84. The summed E-state index contributed by atoms with van der Waals surface area (Å²) in [6, 6.07) is 16.5. The van der Waals surface area contributed by atoms with Crippen molar-refractivity contribution < 1.29 is 9.47 Å². The Morgan fingerprint density at radius 3 is 2.25 bits per heavy atom. The maximum Gasteiger partial charge on any atom is 0.119 e. The predicted octanol–water partition coefficient (Wildman–Crippen LogP) is 4.28. The van der Waals surface area contributed by atoms with Crippen LogP contribution in [0.2, 0.25) is 0 Å². The fourth-order valence-electron chi connectivity index (χ4n) is 1.86. The third-order valence-corrected chi connectivity index (χ3v) is 3.08. The summed E-state index contributed by atoms with van der Waals surface area (Å²) in [5, 5.41) is 0. The molecule has 0 N–H and O–H groups in total. The molecule has 0 bridgehead atoms. The van der Waals surface area contributed by atoms with E-state index in [0.717, 1.165) is 12.2 Å².